The highest BCUT2D eigenvalue weighted by molar-refractivity contribution is 4.92. The molecule has 0 aromatic carbocycles. The van der Waals surface area contributed by atoms with Crippen molar-refractivity contribution < 1.29 is 13.2 Å². The molecule has 0 amide bonds. The molecule has 0 aliphatic heterocycles. The Hall–Kier alpha value is -0.290. The number of nitrogens with zero attached hydrogens (tertiary/aromatic N) is 1. The molecule has 0 aromatic rings. The van der Waals surface area contributed by atoms with Crippen molar-refractivity contribution in [2.45, 2.75) is 57.4 Å². The minimum atomic E-state index is -4.04. The second kappa shape index (κ2) is 5.57. The van der Waals surface area contributed by atoms with Crippen molar-refractivity contribution in [2.75, 3.05) is 14.1 Å². The summed E-state index contributed by atoms with van der Waals surface area (Å²) < 4.78 is 38.2. The third-order valence-electron chi connectivity index (χ3n) is 3.49. The van der Waals surface area contributed by atoms with Gasteiger partial charge >= 0.3 is 6.18 Å². The first-order chi connectivity index (χ1) is 7.71. The second-order valence-corrected chi connectivity index (χ2v) is 5.51. The zero-order valence-corrected chi connectivity index (χ0v) is 11.0. The smallest absolute Gasteiger partial charge is 0.310 e. The predicted octanol–water partition coefficient (Wildman–Crippen LogP) is 2.65. The van der Waals surface area contributed by atoms with Crippen LogP contribution >= 0.6 is 0 Å². The van der Waals surface area contributed by atoms with Gasteiger partial charge in [-0.15, -0.1) is 0 Å². The highest BCUT2D eigenvalue weighted by atomic mass is 19.4. The van der Waals surface area contributed by atoms with Crippen LogP contribution in [0.5, 0.6) is 0 Å². The highest BCUT2D eigenvalue weighted by Crippen LogP contribution is 2.38. The van der Waals surface area contributed by atoms with E-state index in [4.69, 9.17) is 0 Å². The van der Waals surface area contributed by atoms with Crippen LogP contribution in [-0.2, 0) is 0 Å². The van der Waals surface area contributed by atoms with Gasteiger partial charge in [0.25, 0.3) is 0 Å². The largest absolute Gasteiger partial charge is 0.391 e. The predicted molar refractivity (Wildman–Crippen MR) is 62.9 cm³/mol. The summed E-state index contributed by atoms with van der Waals surface area (Å²) in [6.45, 7) is 4.06. The Morgan fingerprint density at radius 1 is 1.18 bits per heavy atom. The van der Waals surface area contributed by atoms with E-state index in [1.54, 1.807) is 0 Å². The van der Waals surface area contributed by atoms with E-state index in [-0.39, 0.29) is 24.9 Å². The molecule has 1 rings (SSSR count). The molecule has 5 heteroatoms. The van der Waals surface area contributed by atoms with Crippen LogP contribution in [-0.4, -0.2) is 43.3 Å². The van der Waals surface area contributed by atoms with Gasteiger partial charge in [0.15, 0.2) is 0 Å². The van der Waals surface area contributed by atoms with Crippen LogP contribution in [0.15, 0.2) is 0 Å². The van der Waals surface area contributed by atoms with Crippen LogP contribution in [0.3, 0.4) is 0 Å². The van der Waals surface area contributed by atoms with Gasteiger partial charge in [0.2, 0.25) is 0 Å². The topological polar surface area (TPSA) is 15.3 Å². The average Bonchev–Trinajstić information content (AvgIpc) is 2.15. The molecule has 0 saturated heterocycles. The van der Waals surface area contributed by atoms with E-state index < -0.39 is 12.1 Å². The maximum Gasteiger partial charge on any atom is 0.391 e. The van der Waals surface area contributed by atoms with Crippen molar-refractivity contribution in [1.29, 1.82) is 0 Å². The maximum atomic E-state index is 12.7. The normalized spacial score (nSPS) is 31.2. The molecule has 0 bridgehead atoms. The number of alkyl halides is 3. The van der Waals surface area contributed by atoms with Gasteiger partial charge in [0.1, 0.15) is 0 Å². The lowest BCUT2D eigenvalue weighted by atomic mass is 9.81. The Labute approximate surface area is 102 Å². The molecule has 0 unspecified atom stereocenters. The Morgan fingerprint density at radius 2 is 1.76 bits per heavy atom. The van der Waals surface area contributed by atoms with Crippen molar-refractivity contribution in [3.8, 4) is 0 Å². The van der Waals surface area contributed by atoms with Crippen LogP contribution in [0, 0.1) is 5.92 Å². The summed E-state index contributed by atoms with van der Waals surface area (Å²) >= 11 is 0. The van der Waals surface area contributed by atoms with E-state index in [0.29, 0.717) is 12.5 Å². The molecule has 17 heavy (non-hydrogen) atoms. The van der Waals surface area contributed by atoms with Crippen molar-refractivity contribution in [3.63, 3.8) is 0 Å². The summed E-state index contributed by atoms with van der Waals surface area (Å²) in [4.78, 5) is 1.91. The summed E-state index contributed by atoms with van der Waals surface area (Å²) in [5.74, 6) is -1.14. The van der Waals surface area contributed by atoms with E-state index in [9.17, 15) is 13.2 Å². The van der Waals surface area contributed by atoms with Crippen LogP contribution in [0.25, 0.3) is 0 Å². The summed E-state index contributed by atoms with van der Waals surface area (Å²) in [5.41, 5.74) is 0. The number of likely N-dealkylation sites (N-methyl/N-ethyl adjacent to an activating group) is 1. The van der Waals surface area contributed by atoms with E-state index in [0.717, 1.165) is 0 Å². The molecule has 0 aromatic heterocycles. The zero-order chi connectivity index (χ0) is 13.2. The number of nitrogens with one attached hydrogen (secondary N) is 1. The maximum absolute atomic E-state index is 12.7. The van der Waals surface area contributed by atoms with Gasteiger partial charge in [0.05, 0.1) is 5.92 Å². The molecular formula is C12H23F3N2. The van der Waals surface area contributed by atoms with E-state index in [2.05, 4.69) is 5.32 Å². The second-order valence-electron chi connectivity index (χ2n) is 5.51. The van der Waals surface area contributed by atoms with Crippen LogP contribution < -0.4 is 5.32 Å². The number of hydrogen-bond acceptors (Lipinski definition) is 2. The standard InChI is InChI=1S/C12H23F3N2/c1-8(2)16-10-6-5-9(12(13,14)15)7-11(10)17(3)4/h8-11,16H,5-7H2,1-4H3/t9-,10+,11+/m0/s1. The third-order valence-corrected chi connectivity index (χ3v) is 3.49. The molecule has 0 spiro atoms. The summed E-state index contributed by atoms with van der Waals surface area (Å²) in [6, 6.07) is 0.450. The lowest BCUT2D eigenvalue weighted by Crippen LogP contribution is -2.54. The van der Waals surface area contributed by atoms with Gasteiger partial charge in [0, 0.05) is 18.1 Å². The molecule has 1 N–H and O–H groups in total. The lowest BCUT2D eigenvalue weighted by Gasteiger charge is -2.41. The molecule has 3 atom stereocenters. The molecule has 1 aliphatic rings. The van der Waals surface area contributed by atoms with Gasteiger partial charge in [-0.25, -0.2) is 0 Å². The van der Waals surface area contributed by atoms with Gasteiger partial charge in [-0.2, -0.15) is 13.2 Å². The zero-order valence-electron chi connectivity index (χ0n) is 11.0. The monoisotopic (exact) mass is 252 g/mol. The Kier molecular flexibility index (Phi) is 4.84. The van der Waals surface area contributed by atoms with Gasteiger partial charge in [-0.05, 0) is 33.4 Å². The van der Waals surface area contributed by atoms with Gasteiger partial charge < -0.3 is 10.2 Å². The fourth-order valence-electron chi connectivity index (χ4n) is 2.64. The first-order valence-corrected chi connectivity index (χ1v) is 6.21. The quantitative estimate of drug-likeness (QED) is 0.830. The number of hydrogen-bond donors (Lipinski definition) is 1. The van der Waals surface area contributed by atoms with Crippen molar-refractivity contribution in [1.82, 2.24) is 10.2 Å². The molecule has 1 aliphatic carbocycles. The lowest BCUT2D eigenvalue weighted by molar-refractivity contribution is -0.187. The molecule has 102 valence electrons. The third kappa shape index (κ3) is 4.14. The fourth-order valence-corrected chi connectivity index (χ4v) is 2.64. The van der Waals surface area contributed by atoms with Crippen LogP contribution in [0.1, 0.15) is 33.1 Å². The first-order valence-electron chi connectivity index (χ1n) is 6.21. The minimum absolute atomic E-state index is 0.0298. The average molecular weight is 252 g/mol. The first kappa shape index (κ1) is 14.8. The highest BCUT2D eigenvalue weighted by Gasteiger charge is 2.45. The minimum Gasteiger partial charge on any atom is -0.310 e. The summed E-state index contributed by atoms with van der Waals surface area (Å²) in [7, 11) is 3.72. The van der Waals surface area contributed by atoms with Gasteiger partial charge in [-0.1, -0.05) is 13.8 Å². The molecule has 0 radical (unpaired) electrons. The van der Waals surface area contributed by atoms with Crippen molar-refractivity contribution in [3.05, 3.63) is 0 Å². The molecule has 1 saturated carbocycles. The van der Waals surface area contributed by atoms with E-state index in [1.807, 2.05) is 32.8 Å². The number of halogens is 3. The molecule has 0 heterocycles. The van der Waals surface area contributed by atoms with E-state index in [1.165, 1.54) is 0 Å². The SMILES string of the molecule is CC(C)N[C@@H]1CC[C@H](C(F)(F)F)C[C@H]1N(C)C. The molecule has 2 nitrogen and oxygen atoms in total. The summed E-state index contributed by atoms with van der Waals surface area (Å²) in [6.07, 6.45) is -2.98. The Morgan fingerprint density at radius 3 is 2.18 bits per heavy atom. The summed E-state index contributed by atoms with van der Waals surface area (Å²) in [5, 5.41) is 3.38. The van der Waals surface area contributed by atoms with Crippen molar-refractivity contribution in [2.24, 2.45) is 5.92 Å². The van der Waals surface area contributed by atoms with Crippen LogP contribution in [0.4, 0.5) is 13.2 Å². The Balaban J connectivity index is 2.68. The van der Waals surface area contributed by atoms with E-state index >= 15 is 0 Å². The fraction of sp³-hybridized carbons (Fsp3) is 1.00. The van der Waals surface area contributed by atoms with Crippen LogP contribution in [0.2, 0.25) is 0 Å². The Bertz CT molecular complexity index is 238. The van der Waals surface area contributed by atoms with Gasteiger partial charge in [-0.3, -0.25) is 0 Å². The number of rotatable bonds is 3. The molecule has 1 fully saturated rings. The van der Waals surface area contributed by atoms with Crippen molar-refractivity contribution >= 4 is 0 Å². The molecular weight excluding hydrogens is 229 g/mol.